The zero-order valence-corrected chi connectivity index (χ0v) is 11.7. The van der Waals surface area contributed by atoms with Gasteiger partial charge in [0.15, 0.2) is 0 Å². The number of nitrogens with one attached hydrogen (secondary N) is 1. The van der Waals surface area contributed by atoms with Crippen molar-refractivity contribution in [2.45, 2.75) is 44.7 Å². The fourth-order valence-corrected chi connectivity index (χ4v) is 2.25. The van der Waals surface area contributed by atoms with Gasteiger partial charge in [0, 0.05) is 24.8 Å². The molecular weight excluding hydrogens is 252 g/mol. The largest absolute Gasteiger partial charge is 0.349 e. The van der Waals surface area contributed by atoms with Crippen LogP contribution in [0.4, 0.5) is 0 Å². The van der Waals surface area contributed by atoms with Gasteiger partial charge in [0.2, 0.25) is 0 Å². The topological polar surface area (TPSA) is 72.9 Å². The maximum atomic E-state index is 12.0. The van der Waals surface area contributed by atoms with E-state index in [0.29, 0.717) is 11.6 Å². The van der Waals surface area contributed by atoms with Crippen molar-refractivity contribution in [2.75, 3.05) is 0 Å². The van der Waals surface area contributed by atoms with Crippen LogP contribution in [-0.2, 0) is 7.05 Å². The molecule has 3 N–H and O–H groups in total. The van der Waals surface area contributed by atoms with Crippen LogP contribution in [0.25, 0.3) is 0 Å². The first-order chi connectivity index (χ1) is 8.08. The molecule has 1 saturated carbocycles. The van der Waals surface area contributed by atoms with Crippen LogP contribution in [0.15, 0.2) is 6.20 Å². The second-order valence-electron chi connectivity index (χ2n) is 4.85. The number of halogens is 1. The van der Waals surface area contributed by atoms with Crippen LogP contribution >= 0.6 is 12.4 Å². The molecule has 0 spiro atoms. The summed E-state index contributed by atoms with van der Waals surface area (Å²) in [6.07, 6.45) is 5.57. The third-order valence-corrected chi connectivity index (χ3v) is 3.59. The molecule has 1 aliphatic carbocycles. The van der Waals surface area contributed by atoms with Crippen molar-refractivity contribution in [2.24, 2.45) is 12.8 Å². The third kappa shape index (κ3) is 3.23. The molecule has 0 aromatic carbocycles. The van der Waals surface area contributed by atoms with Crippen molar-refractivity contribution < 1.29 is 4.79 Å². The SMILES string of the molecule is Cc1c(C(=O)NC2CCC(N)CC2)cnn1C.Cl. The zero-order valence-electron chi connectivity index (χ0n) is 10.8. The van der Waals surface area contributed by atoms with Gasteiger partial charge < -0.3 is 11.1 Å². The Hall–Kier alpha value is -1.07. The zero-order chi connectivity index (χ0) is 12.4. The fraction of sp³-hybridized carbons (Fsp3) is 0.667. The third-order valence-electron chi connectivity index (χ3n) is 3.59. The lowest BCUT2D eigenvalue weighted by Gasteiger charge is -2.26. The van der Waals surface area contributed by atoms with E-state index >= 15 is 0 Å². The Labute approximate surface area is 114 Å². The minimum absolute atomic E-state index is 0. The molecule has 0 unspecified atom stereocenters. The molecule has 18 heavy (non-hydrogen) atoms. The van der Waals surface area contributed by atoms with Gasteiger partial charge in [-0.05, 0) is 32.6 Å². The monoisotopic (exact) mass is 272 g/mol. The van der Waals surface area contributed by atoms with Crippen LogP contribution in [0.2, 0.25) is 0 Å². The van der Waals surface area contributed by atoms with E-state index in [1.807, 2.05) is 14.0 Å². The van der Waals surface area contributed by atoms with E-state index in [9.17, 15) is 4.79 Å². The number of carbonyl (C=O) groups is 1. The quantitative estimate of drug-likeness (QED) is 0.848. The molecule has 1 heterocycles. The number of rotatable bonds is 2. The standard InChI is InChI=1S/C12H20N4O.ClH/c1-8-11(7-14-16(8)2)12(17)15-10-5-3-9(13)4-6-10;/h7,9-10H,3-6,13H2,1-2H3,(H,15,17);1H. The van der Waals surface area contributed by atoms with Crippen molar-refractivity contribution in [3.8, 4) is 0 Å². The number of hydrogen-bond donors (Lipinski definition) is 2. The van der Waals surface area contributed by atoms with E-state index in [4.69, 9.17) is 5.73 Å². The first-order valence-electron chi connectivity index (χ1n) is 6.13. The van der Waals surface area contributed by atoms with Gasteiger partial charge in [0.05, 0.1) is 11.8 Å². The van der Waals surface area contributed by atoms with Crippen molar-refractivity contribution >= 4 is 18.3 Å². The Morgan fingerprint density at radius 1 is 1.44 bits per heavy atom. The molecular formula is C12H21ClN4O. The summed E-state index contributed by atoms with van der Waals surface area (Å²) in [7, 11) is 1.84. The van der Waals surface area contributed by atoms with Gasteiger partial charge in [-0.15, -0.1) is 12.4 Å². The molecule has 5 nitrogen and oxygen atoms in total. The maximum Gasteiger partial charge on any atom is 0.254 e. The lowest BCUT2D eigenvalue weighted by Crippen LogP contribution is -2.40. The summed E-state index contributed by atoms with van der Waals surface area (Å²) in [5.41, 5.74) is 7.41. The predicted octanol–water partition coefficient (Wildman–Crippen LogP) is 1.15. The summed E-state index contributed by atoms with van der Waals surface area (Å²) < 4.78 is 1.71. The van der Waals surface area contributed by atoms with Crippen LogP contribution in [0.5, 0.6) is 0 Å². The van der Waals surface area contributed by atoms with E-state index in [-0.39, 0.29) is 24.4 Å². The Balaban J connectivity index is 0.00000162. The number of hydrogen-bond acceptors (Lipinski definition) is 3. The van der Waals surface area contributed by atoms with Crippen molar-refractivity contribution in [3.05, 3.63) is 17.5 Å². The van der Waals surface area contributed by atoms with Gasteiger partial charge in [-0.25, -0.2) is 0 Å². The van der Waals surface area contributed by atoms with Crippen molar-refractivity contribution in [1.82, 2.24) is 15.1 Å². The molecule has 1 aliphatic rings. The summed E-state index contributed by atoms with van der Waals surface area (Å²) in [6.45, 7) is 1.90. The summed E-state index contributed by atoms with van der Waals surface area (Å²) in [6, 6.07) is 0.574. The van der Waals surface area contributed by atoms with Gasteiger partial charge in [-0.2, -0.15) is 5.10 Å². The average molecular weight is 273 g/mol. The molecule has 1 fully saturated rings. The van der Waals surface area contributed by atoms with Gasteiger partial charge in [-0.1, -0.05) is 0 Å². The number of nitrogens with two attached hydrogens (primary N) is 1. The molecule has 0 bridgehead atoms. The number of carbonyl (C=O) groups excluding carboxylic acids is 1. The van der Waals surface area contributed by atoms with E-state index in [2.05, 4.69) is 10.4 Å². The highest BCUT2D eigenvalue weighted by Gasteiger charge is 2.21. The highest BCUT2D eigenvalue weighted by Crippen LogP contribution is 2.17. The molecule has 1 amide bonds. The van der Waals surface area contributed by atoms with Crippen molar-refractivity contribution in [3.63, 3.8) is 0 Å². The molecule has 0 radical (unpaired) electrons. The van der Waals surface area contributed by atoms with Crippen LogP contribution in [0, 0.1) is 6.92 Å². The number of aryl methyl sites for hydroxylation is 1. The Morgan fingerprint density at radius 2 is 2.06 bits per heavy atom. The van der Waals surface area contributed by atoms with Crippen molar-refractivity contribution in [1.29, 1.82) is 0 Å². The van der Waals surface area contributed by atoms with E-state index in [1.54, 1.807) is 10.9 Å². The fourth-order valence-electron chi connectivity index (χ4n) is 2.25. The minimum Gasteiger partial charge on any atom is -0.349 e. The van der Waals surface area contributed by atoms with Gasteiger partial charge in [0.1, 0.15) is 0 Å². The lowest BCUT2D eigenvalue weighted by atomic mass is 9.91. The highest BCUT2D eigenvalue weighted by atomic mass is 35.5. The van der Waals surface area contributed by atoms with Crippen LogP contribution in [0.1, 0.15) is 41.7 Å². The van der Waals surface area contributed by atoms with E-state index in [1.165, 1.54) is 0 Å². The minimum atomic E-state index is -0.0175. The first kappa shape index (κ1) is 15.0. The normalized spacial score (nSPS) is 23.3. The van der Waals surface area contributed by atoms with Crippen LogP contribution in [-0.4, -0.2) is 27.8 Å². The average Bonchev–Trinajstić information content (AvgIpc) is 2.63. The maximum absolute atomic E-state index is 12.0. The van der Waals surface area contributed by atoms with Gasteiger partial charge >= 0.3 is 0 Å². The number of amides is 1. The lowest BCUT2D eigenvalue weighted by molar-refractivity contribution is 0.0925. The molecule has 1 aromatic heterocycles. The van der Waals surface area contributed by atoms with Gasteiger partial charge in [-0.3, -0.25) is 9.48 Å². The molecule has 2 rings (SSSR count). The first-order valence-corrected chi connectivity index (χ1v) is 6.13. The second-order valence-corrected chi connectivity index (χ2v) is 4.85. The predicted molar refractivity (Wildman–Crippen MR) is 72.9 cm³/mol. The number of aromatic nitrogens is 2. The smallest absolute Gasteiger partial charge is 0.254 e. The van der Waals surface area contributed by atoms with E-state index in [0.717, 1.165) is 31.4 Å². The summed E-state index contributed by atoms with van der Waals surface area (Å²) in [4.78, 5) is 12.0. The second kappa shape index (κ2) is 6.20. The van der Waals surface area contributed by atoms with Crippen LogP contribution in [0.3, 0.4) is 0 Å². The summed E-state index contributed by atoms with van der Waals surface area (Å²) in [5.74, 6) is -0.0175. The Morgan fingerprint density at radius 3 is 2.56 bits per heavy atom. The molecule has 1 aromatic rings. The molecule has 0 saturated heterocycles. The Bertz CT molecular complexity index is 410. The Kier molecular flexibility index (Phi) is 5.16. The molecule has 102 valence electrons. The summed E-state index contributed by atoms with van der Waals surface area (Å²) >= 11 is 0. The summed E-state index contributed by atoms with van der Waals surface area (Å²) in [5, 5.41) is 7.14. The number of nitrogens with zero attached hydrogens (tertiary/aromatic N) is 2. The molecule has 0 aliphatic heterocycles. The highest BCUT2D eigenvalue weighted by molar-refractivity contribution is 5.95. The van der Waals surface area contributed by atoms with E-state index < -0.39 is 0 Å². The van der Waals surface area contributed by atoms with Gasteiger partial charge in [0.25, 0.3) is 5.91 Å². The molecule has 6 heteroatoms. The molecule has 0 atom stereocenters. The van der Waals surface area contributed by atoms with Crippen LogP contribution < -0.4 is 11.1 Å².